The van der Waals surface area contributed by atoms with E-state index < -0.39 is 10.0 Å². The Morgan fingerprint density at radius 2 is 2.29 bits per heavy atom. The number of rotatable bonds is 5. The van der Waals surface area contributed by atoms with Crippen LogP contribution in [0.25, 0.3) is 0 Å². The molecule has 0 aromatic carbocycles. The summed E-state index contributed by atoms with van der Waals surface area (Å²) in [7, 11) is -1.77. The van der Waals surface area contributed by atoms with Crippen LogP contribution in [-0.2, 0) is 22.3 Å². The highest BCUT2D eigenvalue weighted by Crippen LogP contribution is 2.03. The van der Waals surface area contributed by atoms with Gasteiger partial charge in [0, 0.05) is 18.3 Å². The molecule has 14 heavy (non-hydrogen) atoms. The first-order valence-electron chi connectivity index (χ1n) is 4.50. The van der Waals surface area contributed by atoms with Crippen LogP contribution in [0.15, 0.2) is 12.4 Å². The van der Waals surface area contributed by atoms with E-state index >= 15 is 0 Å². The van der Waals surface area contributed by atoms with Crippen molar-refractivity contribution in [2.75, 3.05) is 7.05 Å². The van der Waals surface area contributed by atoms with Crippen LogP contribution >= 0.6 is 0 Å². The van der Waals surface area contributed by atoms with Crippen molar-refractivity contribution in [3.63, 3.8) is 0 Å². The molecule has 0 bridgehead atoms. The van der Waals surface area contributed by atoms with E-state index in [-0.39, 0.29) is 5.75 Å². The first-order chi connectivity index (χ1) is 6.57. The predicted octanol–water partition coefficient (Wildman–Crippen LogP) is 0.342. The zero-order valence-electron chi connectivity index (χ0n) is 8.40. The summed E-state index contributed by atoms with van der Waals surface area (Å²) >= 11 is 0. The minimum absolute atomic E-state index is 0.00673. The lowest BCUT2D eigenvalue weighted by molar-refractivity contribution is 0.587. The Labute approximate surface area is 84.2 Å². The fourth-order valence-corrected chi connectivity index (χ4v) is 1.86. The predicted molar refractivity (Wildman–Crippen MR) is 54.2 cm³/mol. The molecule has 0 unspecified atom stereocenters. The monoisotopic (exact) mass is 217 g/mol. The second-order valence-electron chi connectivity index (χ2n) is 3.07. The molecule has 0 saturated carbocycles. The largest absolute Gasteiger partial charge is 0.272 e. The van der Waals surface area contributed by atoms with Crippen LogP contribution in [0.4, 0.5) is 0 Å². The van der Waals surface area contributed by atoms with Crippen molar-refractivity contribution in [3.05, 3.63) is 18.0 Å². The van der Waals surface area contributed by atoms with Gasteiger partial charge in [0.2, 0.25) is 10.0 Å². The Morgan fingerprint density at radius 1 is 1.57 bits per heavy atom. The zero-order valence-corrected chi connectivity index (χ0v) is 9.21. The quantitative estimate of drug-likeness (QED) is 0.773. The molecular formula is C8H15N3O2S. The molecule has 1 rings (SSSR count). The molecule has 1 aromatic heterocycles. The van der Waals surface area contributed by atoms with Crippen LogP contribution in [0.2, 0.25) is 0 Å². The number of sulfonamides is 1. The molecule has 0 aliphatic rings. The third-order valence-corrected chi connectivity index (χ3v) is 3.14. The normalized spacial score (nSPS) is 11.9. The summed E-state index contributed by atoms with van der Waals surface area (Å²) in [6.07, 6.45) is 4.34. The summed E-state index contributed by atoms with van der Waals surface area (Å²) in [6.45, 7) is 2.87. The number of hydrogen-bond acceptors (Lipinski definition) is 3. The lowest BCUT2D eigenvalue weighted by Crippen LogP contribution is -2.20. The molecule has 0 spiro atoms. The number of aryl methyl sites for hydroxylation is 1. The minimum atomic E-state index is -3.18. The fourth-order valence-electron chi connectivity index (χ4n) is 1.12. The van der Waals surface area contributed by atoms with Crippen LogP contribution in [-0.4, -0.2) is 25.2 Å². The number of nitrogens with zero attached hydrogens (tertiary/aromatic N) is 2. The summed E-state index contributed by atoms with van der Waals surface area (Å²) < 4.78 is 26.4. The molecule has 0 radical (unpaired) electrons. The highest BCUT2D eigenvalue weighted by atomic mass is 32.2. The van der Waals surface area contributed by atoms with Gasteiger partial charge in [0.1, 0.15) is 0 Å². The molecule has 0 aliphatic heterocycles. The molecule has 80 valence electrons. The first kappa shape index (κ1) is 11.2. The van der Waals surface area contributed by atoms with Crippen LogP contribution in [0.5, 0.6) is 0 Å². The minimum Gasteiger partial charge on any atom is -0.272 e. The summed E-state index contributed by atoms with van der Waals surface area (Å²) in [5.41, 5.74) is 0.716. The molecule has 1 N–H and O–H groups in total. The molecule has 0 atom stereocenters. The molecule has 0 amide bonds. The molecule has 5 nitrogen and oxygen atoms in total. The molecular weight excluding hydrogens is 202 g/mol. The van der Waals surface area contributed by atoms with Gasteiger partial charge in [0.25, 0.3) is 0 Å². The van der Waals surface area contributed by atoms with Gasteiger partial charge >= 0.3 is 0 Å². The third kappa shape index (κ3) is 3.12. The van der Waals surface area contributed by atoms with Crippen molar-refractivity contribution in [3.8, 4) is 0 Å². The van der Waals surface area contributed by atoms with Gasteiger partial charge < -0.3 is 0 Å². The molecule has 0 fully saturated rings. The van der Waals surface area contributed by atoms with Crippen LogP contribution in [0, 0.1) is 0 Å². The molecule has 0 saturated heterocycles. The van der Waals surface area contributed by atoms with Crippen molar-refractivity contribution in [1.82, 2.24) is 14.5 Å². The fraction of sp³-hybridized carbons (Fsp3) is 0.625. The Kier molecular flexibility index (Phi) is 3.65. The van der Waals surface area contributed by atoms with Crippen molar-refractivity contribution < 1.29 is 8.42 Å². The van der Waals surface area contributed by atoms with Crippen LogP contribution in [0.3, 0.4) is 0 Å². The Morgan fingerprint density at radius 3 is 2.86 bits per heavy atom. The summed E-state index contributed by atoms with van der Waals surface area (Å²) in [6, 6.07) is 0. The van der Waals surface area contributed by atoms with E-state index in [0.717, 1.165) is 13.0 Å². The van der Waals surface area contributed by atoms with Gasteiger partial charge in [-0.1, -0.05) is 6.92 Å². The average molecular weight is 217 g/mol. The van der Waals surface area contributed by atoms with Crippen LogP contribution in [0.1, 0.15) is 18.9 Å². The molecule has 1 heterocycles. The van der Waals surface area contributed by atoms with Gasteiger partial charge in [0.15, 0.2) is 0 Å². The smallest absolute Gasteiger partial charge is 0.215 e. The highest BCUT2D eigenvalue weighted by Gasteiger charge is 2.09. The molecule has 1 aromatic rings. The summed E-state index contributed by atoms with van der Waals surface area (Å²) in [5.74, 6) is -0.00673. The summed E-state index contributed by atoms with van der Waals surface area (Å²) in [4.78, 5) is 0. The van der Waals surface area contributed by atoms with E-state index in [1.54, 1.807) is 17.1 Å². The van der Waals surface area contributed by atoms with E-state index in [0.29, 0.717) is 5.56 Å². The third-order valence-electron chi connectivity index (χ3n) is 1.81. The maximum absolute atomic E-state index is 11.2. The Bertz CT molecular complexity index is 383. The maximum Gasteiger partial charge on any atom is 0.215 e. The Balaban J connectivity index is 2.69. The van der Waals surface area contributed by atoms with Gasteiger partial charge in [-0.2, -0.15) is 5.10 Å². The van der Waals surface area contributed by atoms with Gasteiger partial charge in [-0.15, -0.1) is 0 Å². The van der Waals surface area contributed by atoms with Gasteiger partial charge in [0.05, 0.1) is 11.9 Å². The maximum atomic E-state index is 11.2. The second-order valence-corrected chi connectivity index (χ2v) is 5.00. The van der Waals surface area contributed by atoms with E-state index in [1.165, 1.54) is 7.05 Å². The average Bonchev–Trinajstić information content (AvgIpc) is 2.53. The lowest BCUT2D eigenvalue weighted by atomic mass is 10.4. The van der Waals surface area contributed by atoms with E-state index in [4.69, 9.17) is 0 Å². The van der Waals surface area contributed by atoms with Crippen molar-refractivity contribution >= 4 is 10.0 Å². The zero-order chi connectivity index (χ0) is 10.6. The van der Waals surface area contributed by atoms with Crippen molar-refractivity contribution in [2.45, 2.75) is 25.6 Å². The standard InChI is InChI=1S/C8H15N3O2S/c1-3-4-11-6-8(5-10-11)7-14(12,13)9-2/h5-6,9H,3-4,7H2,1-2H3. The van der Waals surface area contributed by atoms with Crippen LogP contribution < -0.4 is 4.72 Å². The number of nitrogens with one attached hydrogen (secondary N) is 1. The summed E-state index contributed by atoms with van der Waals surface area (Å²) in [5, 5.41) is 4.05. The first-order valence-corrected chi connectivity index (χ1v) is 6.15. The topological polar surface area (TPSA) is 64.0 Å². The van der Waals surface area contributed by atoms with Crippen molar-refractivity contribution in [2.24, 2.45) is 0 Å². The number of hydrogen-bond donors (Lipinski definition) is 1. The van der Waals surface area contributed by atoms with E-state index in [2.05, 4.69) is 9.82 Å². The lowest BCUT2D eigenvalue weighted by Gasteiger charge is -1.98. The second kappa shape index (κ2) is 4.56. The van der Waals surface area contributed by atoms with Gasteiger partial charge in [-0.25, -0.2) is 13.1 Å². The molecule has 0 aliphatic carbocycles. The number of aromatic nitrogens is 2. The molecule has 6 heteroatoms. The van der Waals surface area contributed by atoms with E-state index in [1.807, 2.05) is 6.92 Å². The van der Waals surface area contributed by atoms with Gasteiger partial charge in [-0.05, 0) is 13.5 Å². The Hall–Kier alpha value is -0.880. The van der Waals surface area contributed by atoms with Gasteiger partial charge in [-0.3, -0.25) is 4.68 Å². The SMILES string of the molecule is CCCn1cc(CS(=O)(=O)NC)cn1. The van der Waals surface area contributed by atoms with Crippen molar-refractivity contribution in [1.29, 1.82) is 0 Å². The highest BCUT2D eigenvalue weighted by molar-refractivity contribution is 7.88. The van der Waals surface area contributed by atoms with E-state index in [9.17, 15) is 8.42 Å².